The van der Waals surface area contributed by atoms with Gasteiger partial charge in [0.05, 0.1) is 6.61 Å². The number of carbonyl (C=O) groups excluding carboxylic acids is 1. The Balaban J connectivity index is 1.50. The number of nitrogens with one attached hydrogen (secondary N) is 2. The maximum Gasteiger partial charge on any atom is 0.314 e. The van der Waals surface area contributed by atoms with Crippen LogP contribution in [0.3, 0.4) is 0 Å². The molecule has 3 rings (SSSR count). The van der Waals surface area contributed by atoms with E-state index in [0.29, 0.717) is 25.0 Å². The van der Waals surface area contributed by atoms with Gasteiger partial charge in [-0.25, -0.2) is 4.79 Å². The molecule has 2 amide bonds. The number of rotatable bonds is 6. The Bertz CT molecular complexity index is 516. The second-order valence-corrected chi connectivity index (χ2v) is 8.04. The molecule has 1 saturated heterocycles. The van der Waals surface area contributed by atoms with Gasteiger partial charge in [0.1, 0.15) is 0 Å². The maximum absolute atomic E-state index is 12.0. The summed E-state index contributed by atoms with van der Waals surface area (Å²) >= 11 is 1.80. The number of aliphatic hydroxyl groups excluding tert-OH is 1. The van der Waals surface area contributed by atoms with Crippen molar-refractivity contribution in [2.75, 3.05) is 33.3 Å². The zero-order valence-corrected chi connectivity index (χ0v) is 14.6. The van der Waals surface area contributed by atoms with Gasteiger partial charge in [0.25, 0.3) is 0 Å². The van der Waals surface area contributed by atoms with Crippen molar-refractivity contribution in [2.24, 2.45) is 11.3 Å². The molecule has 2 atom stereocenters. The van der Waals surface area contributed by atoms with Crippen molar-refractivity contribution in [1.82, 2.24) is 15.5 Å². The number of nitrogens with zero attached hydrogens (tertiary/aromatic N) is 1. The number of piperidine rings is 1. The number of hydrogen-bond donors (Lipinski definition) is 3. The fraction of sp³-hybridized carbons (Fsp3) is 0.706. The topological polar surface area (TPSA) is 64.6 Å². The Labute approximate surface area is 142 Å². The van der Waals surface area contributed by atoms with E-state index in [4.69, 9.17) is 0 Å². The molecule has 2 aliphatic rings. The van der Waals surface area contributed by atoms with E-state index in [9.17, 15) is 9.90 Å². The second-order valence-electron chi connectivity index (χ2n) is 7.06. The van der Waals surface area contributed by atoms with E-state index in [-0.39, 0.29) is 18.1 Å². The SMILES string of the molecule is CN1CCCC(CNC(=O)NCC2(CO)CC2)C1c1cccs1. The van der Waals surface area contributed by atoms with Crippen LogP contribution in [0.4, 0.5) is 4.79 Å². The van der Waals surface area contributed by atoms with E-state index >= 15 is 0 Å². The van der Waals surface area contributed by atoms with Gasteiger partial charge in [-0.05, 0) is 56.6 Å². The smallest absolute Gasteiger partial charge is 0.314 e. The third-order valence-corrected chi connectivity index (χ3v) is 6.23. The zero-order chi connectivity index (χ0) is 16.3. The Kier molecular flexibility index (Phi) is 5.24. The van der Waals surface area contributed by atoms with Gasteiger partial charge in [0, 0.05) is 29.4 Å². The van der Waals surface area contributed by atoms with Gasteiger partial charge in [-0.3, -0.25) is 4.90 Å². The summed E-state index contributed by atoms with van der Waals surface area (Å²) in [4.78, 5) is 15.8. The van der Waals surface area contributed by atoms with Crippen molar-refractivity contribution >= 4 is 17.4 Å². The number of carbonyl (C=O) groups is 1. The molecule has 2 unspecified atom stereocenters. The van der Waals surface area contributed by atoms with Crippen molar-refractivity contribution in [3.63, 3.8) is 0 Å². The molecule has 2 fully saturated rings. The average Bonchev–Trinajstić information content (AvgIpc) is 3.15. The molecule has 0 bridgehead atoms. The monoisotopic (exact) mass is 337 g/mol. The Morgan fingerprint density at radius 2 is 2.30 bits per heavy atom. The van der Waals surface area contributed by atoms with Crippen LogP contribution in [0.1, 0.15) is 36.6 Å². The molecule has 2 heterocycles. The molecule has 3 N–H and O–H groups in total. The molecule has 6 heteroatoms. The first-order chi connectivity index (χ1) is 11.1. The van der Waals surface area contributed by atoms with Gasteiger partial charge < -0.3 is 15.7 Å². The molecule has 0 radical (unpaired) electrons. The zero-order valence-electron chi connectivity index (χ0n) is 13.8. The lowest BCUT2D eigenvalue weighted by molar-refractivity contribution is 0.123. The minimum Gasteiger partial charge on any atom is -0.396 e. The van der Waals surface area contributed by atoms with Crippen LogP contribution >= 0.6 is 11.3 Å². The lowest BCUT2D eigenvalue weighted by Gasteiger charge is -2.38. The summed E-state index contributed by atoms with van der Waals surface area (Å²) in [5.41, 5.74) is -0.0398. The van der Waals surface area contributed by atoms with Gasteiger partial charge >= 0.3 is 6.03 Å². The van der Waals surface area contributed by atoms with Crippen molar-refractivity contribution < 1.29 is 9.90 Å². The molecule has 5 nitrogen and oxygen atoms in total. The predicted octanol–water partition coefficient (Wildman–Crippen LogP) is 2.20. The largest absolute Gasteiger partial charge is 0.396 e. The molecular weight excluding hydrogens is 310 g/mol. The first-order valence-electron chi connectivity index (χ1n) is 8.50. The van der Waals surface area contributed by atoms with E-state index in [0.717, 1.165) is 25.8 Å². The molecule has 1 aliphatic heterocycles. The summed E-state index contributed by atoms with van der Waals surface area (Å²) in [5.74, 6) is 0.450. The second kappa shape index (κ2) is 7.20. The first-order valence-corrected chi connectivity index (χ1v) is 9.38. The van der Waals surface area contributed by atoms with Crippen LogP contribution in [0.5, 0.6) is 0 Å². The molecule has 1 aliphatic carbocycles. The van der Waals surface area contributed by atoms with Crippen LogP contribution in [0, 0.1) is 11.3 Å². The highest BCUT2D eigenvalue weighted by Gasteiger charge is 2.42. The molecule has 1 aromatic rings. The minimum atomic E-state index is -0.108. The normalized spacial score (nSPS) is 26.7. The molecule has 128 valence electrons. The Morgan fingerprint density at radius 3 is 2.96 bits per heavy atom. The van der Waals surface area contributed by atoms with Crippen LogP contribution in [0.15, 0.2) is 17.5 Å². The minimum absolute atomic E-state index is 0.0398. The standard InChI is InChI=1S/C17H27N3O2S/c1-20-8-2-4-13(15(20)14-5-3-9-23-14)10-18-16(22)19-11-17(12-21)6-7-17/h3,5,9,13,15,21H,2,4,6-8,10-12H2,1H3,(H2,18,19,22). The van der Waals surface area contributed by atoms with Crippen LogP contribution in [0.2, 0.25) is 0 Å². The quantitative estimate of drug-likeness (QED) is 0.746. The Morgan fingerprint density at radius 1 is 1.48 bits per heavy atom. The lowest BCUT2D eigenvalue weighted by Crippen LogP contribution is -2.45. The third-order valence-electron chi connectivity index (χ3n) is 5.28. The molecular formula is C17H27N3O2S. The summed E-state index contributed by atoms with van der Waals surface area (Å²) in [7, 11) is 2.18. The molecule has 1 aromatic heterocycles. The van der Waals surface area contributed by atoms with E-state index in [1.165, 1.54) is 11.3 Å². The van der Waals surface area contributed by atoms with Gasteiger partial charge in [0.15, 0.2) is 0 Å². The van der Waals surface area contributed by atoms with E-state index in [1.54, 1.807) is 11.3 Å². The predicted molar refractivity (Wildman–Crippen MR) is 92.6 cm³/mol. The van der Waals surface area contributed by atoms with Gasteiger partial charge in [-0.15, -0.1) is 11.3 Å². The van der Waals surface area contributed by atoms with Crippen LogP contribution in [0.25, 0.3) is 0 Å². The fourth-order valence-electron chi connectivity index (χ4n) is 3.50. The van der Waals surface area contributed by atoms with Crippen molar-refractivity contribution in [1.29, 1.82) is 0 Å². The summed E-state index contributed by atoms with van der Waals surface area (Å²) < 4.78 is 0. The van der Waals surface area contributed by atoms with Crippen LogP contribution in [-0.4, -0.2) is 49.3 Å². The number of urea groups is 1. The van der Waals surface area contributed by atoms with Gasteiger partial charge in [-0.2, -0.15) is 0 Å². The van der Waals surface area contributed by atoms with Crippen molar-refractivity contribution in [3.05, 3.63) is 22.4 Å². The average molecular weight is 337 g/mol. The summed E-state index contributed by atoms with van der Waals surface area (Å²) in [5, 5.41) is 17.4. The van der Waals surface area contributed by atoms with Gasteiger partial charge in [0.2, 0.25) is 0 Å². The van der Waals surface area contributed by atoms with Crippen molar-refractivity contribution in [2.45, 2.75) is 31.7 Å². The van der Waals surface area contributed by atoms with E-state index < -0.39 is 0 Å². The third kappa shape index (κ3) is 4.05. The highest BCUT2D eigenvalue weighted by molar-refractivity contribution is 7.10. The highest BCUT2D eigenvalue weighted by Crippen LogP contribution is 2.44. The molecule has 0 aromatic carbocycles. The number of likely N-dealkylation sites (tertiary alicyclic amines) is 1. The number of thiophene rings is 1. The highest BCUT2D eigenvalue weighted by atomic mass is 32.1. The number of hydrogen-bond acceptors (Lipinski definition) is 4. The molecule has 1 saturated carbocycles. The van der Waals surface area contributed by atoms with Crippen LogP contribution in [-0.2, 0) is 0 Å². The van der Waals surface area contributed by atoms with E-state index in [1.807, 2.05) is 0 Å². The number of amides is 2. The van der Waals surface area contributed by atoms with E-state index in [2.05, 4.69) is 40.1 Å². The Hall–Kier alpha value is -1.11. The van der Waals surface area contributed by atoms with Gasteiger partial charge in [-0.1, -0.05) is 6.07 Å². The lowest BCUT2D eigenvalue weighted by atomic mass is 9.88. The first kappa shape index (κ1) is 16.7. The fourth-order valence-corrected chi connectivity index (χ4v) is 4.49. The number of aliphatic hydroxyl groups is 1. The summed E-state index contributed by atoms with van der Waals surface area (Å²) in [6, 6.07) is 4.59. The molecule has 23 heavy (non-hydrogen) atoms. The maximum atomic E-state index is 12.0. The summed E-state index contributed by atoms with van der Waals surface area (Å²) in [6.45, 7) is 2.56. The summed E-state index contributed by atoms with van der Waals surface area (Å²) in [6.07, 6.45) is 4.35. The molecule has 0 spiro atoms. The van der Waals surface area contributed by atoms with Crippen molar-refractivity contribution in [3.8, 4) is 0 Å². The van der Waals surface area contributed by atoms with Crippen LogP contribution < -0.4 is 10.6 Å².